The van der Waals surface area contributed by atoms with Gasteiger partial charge in [-0.05, 0) is 0 Å². The van der Waals surface area contributed by atoms with Crippen LogP contribution in [0.25, 0.3) is 0 Å². The lowest BCUT2D eigenvalue weighted by Crippen LogP contribution is -2.44. The Morgan fingerprint density at radius 1 is 1.24 bits per heavy atom. The van der Waals surface area contributed by atoms with Gasteiger partial charge in [0.2, 0.25) is 15.9 Å². The van der Waals surface area contributed by atoms with Crippen LogP contribution in [0, 0.1) is 23.4 Å². The van der Waals surface area contributed by atoms with E-state index in [-0.39, 0.29) is 19.0 Å². The molecule has 1 saturated heterocycles. The van der Waals surface area contributed by atoms with E-state index in [2.05, 4.69) is 5.32 Å². The molecule has 2 atom stereocenters. The molecule has 1 aromatic carbocycles. The van der Waals surface area contributed by atoms with E-state index < -0.39 is 57.3 Å². The zero-order chi connectivity index (χ0) is 18.8. The molecular formula is C15H19F3N2O4S. The Hall–Kier alpha value is -1.65. The first-order valence-corrected chi connectivity index (χ1v) is 9.12. The number of nitrogens with zero attached hydrogens (tertiary/aromatic N) is 1. The molecule has 10 heteroatoms. The maximum absolute atomic E-state index is 13.6. The lowest BCUT2D eigenvalue weighted by molar-refractivity contribution is -0.121. The monoisotopic (exact) mass is 380 g/mol. The fourth-order valence-electron chi connectivity index (χ4n) is 2.50. The third-order valence-electron chi connectivity index (χ3n) is 3.97. The second-order valence-corrected chi connectivity index (χ2v) is 8.28. The van der Waals surface area contributed by atoms with Crippen molar-refractivity contribution < 1.29 is 31.1 Å². The lowest BCUT2D eigenvalue weighted by atomic mass is 10.1. The topological polar surface area (TPSA) is 75.7 Å². The Balaban J connectivity index is 2.03. The molecule has 1 aliphatic rings. The zero-order valence-corrected chi connectivity index (χ0v) is 14.6. The average Bonchev–Trinajstić information content (AvgIpc) is 2.89. The third kappa shape index (κ3) is 4.93. The Kier molecular flexibility index (Phi) is 6.07. The molecule has 1 fully saturated rings. The van der Waals surface area contributed by atoms with Gasteiger partial charge in [0.15, 0.2) is 0 Å². The van der Waals surface area contributed by atoms with Crippen LogP contribution in [-0.2, 0) is 26.0 Å². The summed E-state index contributed by atoms with van der Waals surface area (Å²) in [5.41, 5.74) is -0.546. The zero-order valence-electron chi connectivity index (χ0n) is 13.8. The van der Waals surface area contributed by atoms with E-state index in [1.807, 2.05) is 0 Å². The van der Waals surface area contributed by atoms with Gasteiger partial charge in [-0.1, -0.05) is 0 Å². The van der Waals surface area contributed by atoms with Gasteiger partial charge in [-0.3, -0.25) is 4.79 Å². The average molecular weight is 380 g/mol. The van der Waals surface area contributed by atoms with Crippen molar-refractivity contribution in [2.75, 3.05) is 33.1 Å². The molecule has 1 aromatic rings. The van der Waals surface area contributed by atoms with Gasteiger partial charge >= 0.3 is 0 Å². The van der Waals surface area contributed by atoms with Crippen molar-refractivity contribution in [1.82, 2.24) is 9.62 Å². The van der Waals surface area contributed by atoms with Crippen LogP contribution in [-0.4, -0.2) is 57.7 Å². The van der Waals surface area contributed by atoms with Gasteiger partial charge < -0.3 is 10.1 Å². The van der Waals surface area contributed by atoms with Crippen LogP contribution < -0.4 is 5.32 Å². The smallest absolute Gasteiger partial charge is 0.224 e. The van der Waals surface area contributed by atoms with Gasteiger partial charge in [0, 0.05) is 37.7 Å². The minimum atomic E-state index is -3.49. The van der Waals surface area contributed by atoms with Gasteiger partial charge in [-0.2, -0.15) is 0 Å². The summed E-state index contributed by atoms with van der Waals surface area (Å²) < 4.78 is 70.3. The van der Waals surface area contributed by atoms with Crippen LogP contribution in [0.2, 0.25) is 0 Å². The highest BCUT2D eigenvalue weighted by atomic mass is 32.2. The van der Waals surface area contributed by atoms with E-state index in [9.17, 15) is 26.4 Å². The fourth-order valence-corrected chi connectivity index (χ4v) is 3.67. The number of carbonyl (C=O) groups is 1. The molecule has 2 unspecified atom stereocenters. The molecule has 140 valence electrons. The molecule has 0 radical (unpaired) electrons. The summed E-state index contributed by atoms with van der Waals surface area (Å²) in [5.74, 6) is -4.77. The first kappa shape index (κ1) is 19.7. The number of halogens is 3. The van der Waals surface area contributed by atoms with Crippen molar-refractivity contribution in [1.29, 1.82) is 0 Å². The van der Waals surface area contributed by atoms with Crippen LogP contribution >= 0.6 is 0 Å². The van der Waals surface area contributed by atoms with Gasteiger partial charge in [-0.15, -0.1) is 0 Å². The number of amides is 1. The first-order chi connectivity index (χ1) is 11.6. The Labute approximate surface area is 144 Å². The van der Waals surface area contributed by atoms with Gasteiger partial charge in [0.25, 0.3) is 0 Å². The molecule has 0 aromatic heterocycles. The van der Waals surface area contributed by atoms with E-state index in [0.717, 1.165) is 4.31 Å². The highest BCUT2D eigenvalue weighted by Gasteiger charge is 2.34. The van der Waals surface area contributed by atoms with Crippen molar-refractivity contribution in [3.8, 4) is 0 Å². The SMILES string of the molecule is CN(C)S(=O)(=O)CC1COCC1NC(=O)Cc1c(F)cc(F)cc1F. The second kappa shape index (κ2) is 7.71. The lowest BCUT2D eigenvalue weighted by Gasteiger charge is -2.21. The molecule has 0 aliphatic carbocycles. The predicted octanol–water partition coefficient (Wildman–Crippen LogP) is 0.669. The largest absolute Gasteiger partial charge is 0.379 e. The summed E-state index contributed by atoms with van der Waals surface area (Å²) >= 11 is 0. The molecule has 1 N–H and O–H groups in total. The van der Waals surface area contributed by atoms with Crippen LogP contribution in [0.4, 0.5) is 13.2 Å². The van der Waals surface area contributed by atoms with Crippen LogP contribution in [0.1, 0.15) is 5.56 Å². The molecule has 6 nitrogen and oxygen atoms in total. The van der Waals surface area contributed by atoms with E-state index in [0.29, 0.717) is 12.1 Å². The number of nitrogens with one attached hydrogen (secondary N) is 1. The summed E-state index contributed by atoms with van der Waals surface area (Å²) in [6.45, 7) is 0.255. The molecule has 1 aliphatic heterocycles. The van der Waals surface area contributed by atoms with E-state index in [4.69, 9.17) is 4.74 Å². The maximum Gasteiger partial charge on any atom is 0.224 e. The number of ether oxygens (including phenoxy) is 1. The van der Waals surface area contributed by atoms with Crippen molar-refractivity contribution in [3.05, 3.63) is 35.1 Å². The van der Waals surface area contributed by atoms with E-state index in [1.165, 1.54) is 14.1 Å². The van der Waals surface area contributed by atoms with E-state index >= 15 is 0 Å². The van der Waals surface area contributed by atoms with Crippen molar-refractivity contribution in [2.45, 2.75) is 12.5 Å². The van der Waals surface area contributed by atoms with Crippen molar-refractivity contribution in [2.24, 2.45) is 5.92 Å². The molecule has 25 heavy (non-hydrogen) atoms. The van der Waals surface area contributed by atoms with Crippen molar-refractivity contribution in [3.63, 3.8) is 0 Å². The first-order valence-electron chi connectivity index (χ1n) is 7.51. The second-order valence-electron chi connectivity index (χ2n) is 6.06. The molecule has 1 amide bonds. The number of rotatable bonds is 6. The minimum absolute atomic E-state index is 0.105. The van der Waals surface area contributed by atoms with Gasteiger partial charge in [0.05, 0.1) is 31.4 Å². The molecule has 0 bridgehead atoms. The number of hydrogen-bond acceptors (Lipinski definition) is 4. The van der Waals surface area contributed by atoms with Gasteiger partial charge in [0.1, 0.15) is 17.5 Å². The molecule has 1 heterocycles. The number of sulfonamides is 1. The predicted molar refractivity (Wildman–Crippen MR) is 83.7 cm³/mol. The Morgan fingerprint density at radius 3 is 2.40 bits per heavy atom. The quantitative estimate of drug-likeness (QED) is 0.787. The molecule has 0 spiro atoms. The Morgan fingerprint density at radius 2 is 1.84 bits per heavy atom. The molecule has 2 rings (SSSR count). The van der Waals surface area contributed by atoms with Crippen LogP contribution in [0.5, 0.6) is 0 Å². The van der Waals surface area contributed by atoms with Crippen LogP contribution in [0.3, 0.4) is 0 Å². The Bertz CT molecular complexity index is 732. The summed E-state index contributed by atoms with van der Waals surface area (Å²) in [4.78, 5) is 12.0. The highest BCUT2D eigenvalue weighted by molar-refractivity contribution is 7.89. The number of benzene rings is 1. The summed E-state index contributed by atoms with van der Waals surface area (Å²) in [5, 5.41) is 2.53. The number of carbonyl (C=O) groups excluding carboxylic acids is 1. The number of hydrogen-bond donors (Lipinski definition) is 1. The summed E-state index contributed by atoms with van der Waals surface area (Å²) in [6.07, 6.45) is -0.623. The van der Waals surface area contributed by atoms with Gasteiger partial charge in [-0.25, -0.2) is 25.9 Å². The summed E-state index contributed by atoms with van der Waals surface area (Å²) in [6, 6.07) is 0.405. The normalized spacial score (nSPS) is 20.9. The van der Waals surface area contributed by atoms with Crippen LogP contribution in [0.15, 0.2) is 12.1 Å². The highest BCUT2D eigenvalue weighted by Crippen LogP contribution is 2.19. The summed E-state index contributed by atoms with van der Waals surface area (Å²) in [7, 11) is -0.684. The third-order valence-corrected chi connectivity index (χ3v) is 5.93. The fraction of sp³-hybridized carbons (Fsp3) is 0.533. The van der Waals surface area contributed by atoms with Crippen molar-refractivity contribution >= 4 is 15.9 Å². The standard InChI is InChI=1S/C15H19F3N2O4S/c1-20(2)25(22,23)8-9-6-24-7-14(9)19-15(21)5-11-12(17)3-10(16)4-13(11)18/h3-4,9,14H,5-8H2,1-2H3,(H,19,21). The maximum atomic E-state index is 13.6. The minimum Gasteiger partial charge on any atom is -0.379 e. The molecule has 0 saturated carbocycles. The molecular weight excluding hydrogens is 361 g/mol. The van der Waals surface area contributed by atoms with E-state index in [1.54, 1.807) is 0 Å².